The van der Waals surface area contributed by atoms with E-state index >= 15 is 0 Å². The summed E-state index contributed by atoms with van der Waals surface area (Å²) in [4.78, 5) is 42.2. The first-order valence-electron chi connectivity index (χ1n) is 8.35. The summed E-state index contributed by atoms with van der Waals surface area (Å²) in [5.74, 6) is -0.895. The van der Waals surface area contributed by atoms with Gasteiger partial charge < -0.3 is 41.5 Å². The van der Waals surface area contributed by atoms with Crippen LogP contribution in [0, 0.1) is 0 Å². The number of fused-ring (bicyclic) bond motifs is 1. The number of aliphatic hydroxyl groups excluding tert-OH is 3. The minimum atomic E-state index is -1.45. The molecule has 0 bridgehead atoms. The summed E-state index contributed by atoms with van der Waals surface area (Å²) < 4.78 is 6.20. The van der Waals surface area contributed by atoms with Gasteiger partial charge >= 0.3 is 0 Å². The van der Waals surface area contributed by atoms with E-state index in [9.17, 15) is 29.7 Å². The van der Waals surface area contributed by atoms with Crippen LogP contribution in [-0.2, 0) is 14.3 Å². The molecule has 4 rings (SSSR count). The predicted octanol–water partition coefficient (Wildman–Crippen LogP) is -4.07. The van der Waals surface area contributed by atoms with Crippen LogP contribution in [0.1, 0.15) is 12.6 Å². The average molecular weight is 443 g/mol. The zero-order valence-corrected chi connectivity index (χ0v) is 15.8. The Hall–Kier alpha value is -3.18. The molecule has 4 heterocycles. The van der Waals surface area contributed by atoms with E-state index in [1.54, 1.807) is 0 Å². The lowest BCUT2D eigenvalue weighted by Gasteiger charge is -2.17. The smallest absolute Gasteiger partial charge is 0.298 e. The number of aromatic nitrogens is 4. The average Bonchev–Trinajstić information content (AvgIpc) is 3.11. The Morgan fingerprint density at radius 2 is 1.80 bits per heavy atom. The predicted molar refractivity (Wildman–Crippen MR) is 101 cm³/mol. The van der Waals surface area contributed by atoms with Gasteiger partial charge in [0.05, 0.1) is 6.61 Å². The van der Waals surface area contributed by atoms with Gasteiger partial charge in [-0.05, 0) is 12.2 Å². The minimum Gasteiger partial charge on any atom is -0.480 e. The molecule has 2 amide bonds. The van der Waals surface area contributed by atoms with E-state index in [-0.39, 0.29) is 40.5 Å². The highest BCUT2D eigenvalue weighted by Crippen LogP contribution is 2.34. The summed E-state index contributed by atoms with van der Waals surface area (Å²) in [7, 11) is 0. The van der Waals surface area contributed by atoms with E-state index in [4.69, 9.17) is 15.6 Å². The molecule has 0 spiro atoms. The normalized spacial score (nSPS) is 26.2. The number of nitrogen functional groups attached to an aromatic ring is 1. The van der Waals surface area contributed by atoms with Crippen molar-refractivity contribution >= 4 is 46.3 Å². The molecule has 0 radical (unpaired) electrons. The summed E-state index contributed by atoms with van der Waals surface area (Å²) in [6.07, 6.45) is -5.25. The van der Waals surface area contributed by atoms with Crippen molar-refractivity contribution in [1.29, 1.82) is 0 Å². The van der Waals surface area contributed by atoms with Gasteiger partial charge in [0.1, 0.15) is 24.7 Å². The van der Waals surface area contributed by atoms with E-state index in [1.807, 2.05) is 0 Å². The van der Waals surface area contributed by atoms with Crippen molar-refractivity contribution in [3.05, 3.63) is 10.4 Å². The van der Waals surface area contributed by atoms with Crippen LogP contribution in [0.3, 0.4) is 0 Å². The molecule has 2 saturated heterocycles. The van der Waals surface area contributed by atoms with Crippen molar-refractivity contribution in [2.24, 2.45) is 0 Å². The Balaban J connectivity index is 0.000000239. The first-order valence-corrected chi connectivity index (χ1v) is 8.76. The molecule has 30 heavy (non-hydrogen) atoms. The number of anilines is 1. The lowest BCUT2D eigenvalue weighted by molar-refractivity contribution is -0.129. The number of carbonyl (C=O) groups is 2. The number of aliphatic hydroxyl groups is 3. The Morgan fingerprint density at radius 3 is 2.33 bits per heavy atom. The summed E-state index contributed by atoms with van der Waals surface area (Å²) in [5, 5.41) is 43.3. The van der Waals surface area contributed by atoms with Crippen LogP contribution >= 0.6 is 12.2 Å². The molecule has 2 aromatic heterocycles. The summed E-state index contributed by atoms with van der Waals surface area (Å²) in [5.41, 5.74) is 4.46. The lowest BCUT2D eigenvalue weighted by atomic mass is 10.1. The molecular formula is C14H17N7O8S. The Bertz CT molecular complexity index is 1020. The van der Waals surface area contributed by atoms with E-state index < -0.39 is 42.7 Å². The molecular weight excluding hydrogens is 426 g/mol. The molecule has 2 aliphatic rings. The van der Waals surface area contributed by atoms with Crippen molar-refractivity contribution in [3.63, 3.8) is 0 Å². The van der Waals surface area contributed by atoms with E-state index in [1.165, 1.54) is 0 Å². The second-order valence-electron chi connectivity index (χ2n) is 6.24. The highest BCUT2D eigenvalue weighted by Gasteiger charge is 2.45. The van der Waals surface area contributed by atoms with Crippen molar-refractivity contribution in [2.75, 3.05) is 12.3 Å². The monoisotopic (exact) mass is 443 g/mol. The van der Waals surface area contributed by atoms with Crippen LogP contribution < -0.4 is 21.9 Å². The number of aromatic hydroxyl groups is 1. The maximum atomic E-state index is 11.7. The molecule has 162 valence electrons. The van der Waals surface area contributed by atoms with Gasteiger partial charge in [-0.25, -0.2) is 4.57 Å². The fourth-order valence-corrected chi connectivity index (χ4v) is 3.06. The number of imidazole rings is 1. The molecule has 0 aliphatic carbocycles. The van der Waals surface area contributed by atoms with Crippen LogP contribution in [-0.4, -0.2) is 81.8 Å². The molecule has 15 nitrogen and oxygen atoms in total. The van der Waals surface area contributed by atoms with Crippen molar-refractivity contribution in [1.82, 2.24) is 30.2 Å². The van der Waals surface area contributed by atoms with Gasteiger partial charge in [0.15, 0.2) is 22.5 Å². The first kappa shape index (κ1) is 21.5. The summed E-state index contributed by atoms with van der Waals surface area (Å²) in [6, 6.07) is -0.636. The number of amides is 2. The highest BCUT2D eigenvalue weighted by molar-refractivity contribution is 7.80. The number of nitrogens with two attached hydrogens (primary N) is 1. The lowest BCUT2D eigenvalue weighted by Crippen LogP contribution is -2.49. The molecule has 2 fully saturated rings. The Labute approximate surface area is 171 Å². The highest BCUT2D eigenvalue weighted by atomic mass is 32.1. The van der Waals surface area contributed by atoms with Crippen molar-refractivity contribution < 1.29 is 34.8 Å². The van der Waals surface area contributed by atoms with Crippen molar-refractivity contribution in [3.8, 4) is 6.01 Å². The maximum absolute atomic E-state index is 11.7. The Kier molecular flexibility index (Phi) is 5.94. The molecule has 2 aromatic rings. The largest absolute Gasteiger partial charge is 0.480 e. The van der Waals surface area contributed by atoms with Gasteiger partial charge in [-0.15, -0.1) is 0 Å². The third kappa shape index (κ3) is 4.07. The quantitative estimate of drug-likeness (QED) is 0.163. The van der Waals surface area contributed by atoms with Gasteiger partial charge in [-0.3, -0.25) is 19.4 Å². The summed E-state index contributed by atoms with van der Waals surface area (Å²) >= 11 is 4.50. The first-order chi connectivity index (χ1) is 14.1. The van der Waals surface area contributed by atoms with Crippen molar-refractivity contribution in [2.45, 2.75) is 31.0 Å². The van der Waals surface area contributed by atoms with E-state index in [0.717, 1.165) is 4.57 Å². The van der Waals surface area contributed by atoms with Gasteiger partial charge in [0.25, 0.3) is 11.6 Å². The number of carbonyl (C=O) groups excluding carboxylic acids is 2. The van der Waals surface area contributed by atoms with Gasteiger partial charge in [-0.2, -0.15) is 9.97 Å². The third-order valence-electron chi connectivity index (χ3n) is 4.15. The van der Waals surface area contributed by atoms with Gasteiger partial charge in [-0.1, -0.05) is 0 Å². The minimum absolute atomic E-state index is 0.0938. The van der Waals surface area contributed by atoms with Crippen LogP contribution in [0.25, 0.3) is 11.2 Å². The zero-order chi connectivity index (χ0) is 22.2. The second-order valence-corrected chi connectivity index (χ2v) is 6.64. The molecule has 2 aliphatic heterocycles. The van der Waals surface area contributed by atoms with Crippen LogP contribution in [0.4, 0.5) is 5.95 Å². The number of ether oxygens (including phenoxy) is 1. The number of hydrogen-bond donors (Lipinski definition) is 8. The second kappa shape index (κ2) is 8.28. The molecule has 16 heteroatoms. The zero-order valence-electron chi connectivity index (χ0n) is 15.0. The molecule has 0 aromatic carbocycles. The SMILES string of the molecule is Nc1nc2c(nc(O)n2[C@@H]2O[C@H](CO)[C@@H](O)[C@H]2O)c(=O)[nH]1.O=C1CC(=O)NC(=S)N1. The fourth-order valence-electron chi connectivity index (χ4n) is 2.84. The molecule has 4 atom stereocenters. The molecule has 0 unspecified atom stereocenters. The van der Waals surface area contributed by atoms with E-state index in [2.05, 4.69) is 37.8 Å². The van der Waals surface area contributed by atoms with Gasteiger partial charge in [0, 0.05) is 0 Å². The number of aromatic amines is 1. The number of hydrogen-bond acceptors (Lipinski definition) is 12. The number of thiocarbonyl (C=S) groups is 1. The standard InChI is InChI=1S/C10H13N5O6.C4H4N2O2S/c11-9-13-6-3(7(19)14-9)12-10(20)15(6)8-5(18)4(17)2(1-16)21-8;7-2-1-3(8)6-4(9)5-2/h2,4-5,8,16-18H,1H2,(H,12,20)(H3,11,13,14,19);1H2,(H2,5,6,7,8,9)/t2-,4-,5-,8-;/m1./s1. The number of nitrogens with one attached hydrogen (secondary N) is 3. The van der Waals surface area contributed by atoms with Crippen LogP contribution in [0.2, 0.25) is 0 Å². The van der Waals surface area contributed by atoms with Crippen LogP contribution in [0.5, 0.6) is 6.01 Å². The maximum Gasteiger partial charge on any atom is 0.298 e. The topological polar surface area (TPSA) is 238 Å². The van der Waals surface area contributed by atoms with E-state index in [0.29, 0.717) is 0 Å². The number of H-pyrrole nitrogens is 1. The fraction of sp³-hybridized carbons (Fsp3) is 0.429. The Morgan fingerprint density at radius 1 is 1.17 bits per heavy atom. The van der Waals surface area contributed by atoms with Gasteiger partial charge in [0.2, 0.25) is 17.8 Å². The summed E-state index contributed by atoms with van der Waals surface area (Å²) in [6.45, 7) is -0.529. The number of nitrogens with zero attached hydrogens (tertiary/aromatic N) is 3. The number of rotatable bonds is 2. The molecule has 0 saturated carbocycles. The third-order valence-corrected chi connectivity index (χ3v) is 4.35. The molecule has 9 N–H and O–H groups in total. The van der Waals surface area contributed by atoms with Crippen LogP contribution in [0.15, 0.2) is 4.79 Å².